The summed E-state index contributed by atoms with van der Waals surface area (Å²) < 4.78 is 1.47. The smallest absolute Gasteiger partial charge is 0.328 e. The summed E-state index contributed by atoms with van der Waals surface area (Å²) in [5, 5.41) is 2.66. The van der Waals surface area contributed by atoms with E-state index in [9.17, 15) is 19.2 Å². The van der Waals surface area contributed by atoms with E-state index in [4.69, 9.17) is 0 Å². The lowest BCUT2D eigenvalue weighted by atomic mass is 10.1. The fourth-order valence-corrected chi connectivity index (χ4v) is 4.25. The number of aromatic amines is 1. The third kappa shape index (κ3) is 6.11. The van der Waals surface area contributed by atoms with Crippen molar-refractivity contribution in [3.8, 4) is 0 Å². The van der Waals surface area contributed by atoms with Gasteiger partial charge < -0.3 is 15.1 Å². The molecule has 11 nitrogen and oxygen atoms in total. The molecule has 11 heteroatoms. The van der Waals surface area contributed by atoms with Crippen molar-refractivity contribution in [1.82, 2.24) is 29.7 Å². The van der Waals surface area contributed by atoms with E-state index in [0.717, 1.165) is 0 Å². The quantitative estimate of drug-likeness (QED) is 0.585. The molecular formula is C24H29N7O4. The average molecular weight is 480 g/mol. The maximum Gasteiger partial charge on any atom is 0.328 e. The molecule has 0 saturated carbocycles. The summed E-state index contributed by atoms with van der Waals surface area (Å²) in [5.74, 6) is 0.152. The summed E-state index contributed by atoms with van der Waals surface area (Å²) in [7, 11) is 0. The fraction of sp³-hybridized carbons (Fsp3) is 0.417. The molecule has 1 saturated heterocycles. The van der Waals surface area contributed by atoms with Crippen LogP contribution >= 0.6 is 0 Å². The van der Waals surface area contributed by atoms with Gasteiger partial charge in [0.05, 0.1) is 6.54 Å². The van der Waals surface area contributed by atoms with Gasteiger partial charge in [-0.25, -0.2) is 14.8 Å². The molecule has 35 heavy (non-hydrogen) atoms. The first-order chi connectivity index (χ1) is 17.0. The van der Waals surface area contributed by atoms with E-state index in [0.29, 0.717) is 62.6 Å². The largest absolute Gasteiger partial charge is 0.347 e. The zero-order valence-electron chi connectivity index (χ0n) is 19.5. The number of carbonyl (C=O) groups excluding carboxylic acids is 2. The van der Waals surface area contributed by atoms with E-state index in [2.05, 4.69) is 20.3 Å². The molecule has 1 aliphatic heterocycles. The maximum absolute atomic E-state index is 12.6. The second-order valence-corrected chi connectivity index (χ2v) is 8.38. The highest BCUT2D eigenvalue weighted by Crippen LogP contribution is 2.11. The summed E-state index contributed by atoms with van der Waals surface area (Å²) in [4.78, 5) is 64.4. The standard InChI is InChI=1S/C24H29N7O4/c32-20(27-17-21(33)29-13-15-30(16-14-29)23-25-10-6-11-26-23)9-12-31-19-8-5-3-1-2-4-7-18(19)22(34)28-24(31)35/h1-4,6,10-11H,5,7-9,12-17H2,(H,27,32)(H,28,34,35)/b3-1-,4-2-. The Hall–Kier alpha value is -4.02. The number of nitrogens with one attached hydrogen (secondary N) is 2. The molecule has 1 fully saturated rings. The highest BCUT2D eigenvalue weighted by molar-refractivity contribution is 5.84. The van der Waals surface area contributed by atoms with Crippen molar-refractivity contribution in [3.63, 3.8) is 0 Å². The molecule has 2 amide bonds. The Kier molecular flexibility index (Phi) is 7.86. The molecule has 0 spiro atoms. The molecule has 4 rings (SSSR count). The van der Waals surface area contributed by atoms with Crippen LogP contribution in [0.5, 0.6) is 0 Å². The lowest BCUT2D eigenvalue weighted by molar-refractivity contribution is -0.133. The monoisotopic (exact) mass is 479 g/mol. The number of carbonyl (C=O) groups is 2. The lowest BCUT2D eigenvalue weighted by Crippen LogP contribution is -2.51. The van der Waals surface area contributed by atoms with Crippen LogP contribution in [-0.2, 0) is 29.0 Å². The molecule has 0 unspecified atom stereocenters. The maximum atomic E-state index is 12.6. The topological polar surface area (TPSA) is 133 Å². The predicted octanol–water partition coefficient (Wildman–Crippen LogP) is -0.217. The van der Waals surface area contributed by atoms with Crippen molar-refractivity contribution in [3.05, 3.63) is 74.9 Å². The molecule has 0 radical (unpaired) electrons. The lowest BCUT2D eigenvalue weighted by Gasteiger charge is -2.34. The number of H-pyrrole nitrogens is 1. The summed E-state index contributed by atoms with van der Waals surface area (Å²) in [6.07, 6.45) is 12.7. The Morgan fingerprint density at radius 2 is 1.77 bits per heavy atom. The predicted molar refractivity (Wildman–Crippen MR) is 130 cm³/mol. The first kappa shape index (κ1) is 24.1. The van der Waals surface area contributed by atoms with Gasteiger partial charge in [0.15, 0.2) is 0 Å². The number of fused-ring (bicyclic) bond motifs is 1. The Bertz CT molecular complexity index is 1220. The number of anilines is 1. The van der Waals surface area contributed by atoms with Crippen LogP contribution in [0.1, 0.15) is 24.1 Å². The average Bonchev–Trinajstić information content (AvgIpc) is 3.00. The number of aromatic nitrogens is 4. The Balaban J connectivity index is 1.29. The molecule has 184 valence electrons. The van der Waals surface area contributed by atoms with Crippen LogP contribution in [0.4, 0.5) is 5.95 Å². The van der Waals surface area contributed by atoms with Gasteiger partial charge in [-0.3, -0.25) is 23.9 Å². The molecule has 3 heterocycles. The second kappa shape index (κ2) is 11.4. The Morgan fingerprint density at radius 3 is 2.54 bits per heavy atom. The van der Waals surface area contributed by atoms with E-state index in [1.807, 2.05) is 29.2 Å². The van der Waals surface area contributed by atoms with Gasteiger partial charge in [0.2, 0.25) is 17.8 Å². The van der Waals surface area contributed by atoms with Gasteiger partial charge >= 0.3 is 5.69 Å². The number of hydrogen-bond donors (Lipinski definition) is 2. The third-order valence-electron chi connectivity index (χ3n) is 6.13. The van der Waals surface area contributed by atoms with Crippen LogP contribution in [0.25, 0.3) is 0 Å². The van der Waals surface area contributed by atoms with Crippen LogP contribution in [-0.4, -0.2) is 69.0 Å². The van der Waals surface area contributed by atoms with Crippen LogP contribution in [0.2, 0.25) is 0 Å². The van der Waals surface area contributed by atoms with Gasteiger partial charge in [0.1, 0.15) is 0 Å². The van der Waals surface area contributed by atoms with Gasteiger partial charge in [-0.05, 0) is 25.3 Å². The minimum absolute atomic E-state index is 0.0243. The zero-order chi connectivity index (χ0) is 24.6. The van der Waals surface area contributed by atoms with Gasteiger partial charge in [0, 0.05) is 62.8 Å². The number of amides is 2. The molecule has 2 N–H and O–H groups in total. The Labute approximate surface area is 202 Å². The molecule has 2 aromatic heterocycles. The number of hydrogen-bond acceptors (Lipinski definition) is 7. The van der Waals surface area contributed by atoms with Gasteiger partial charge in [0.25, 0.3) is 5.56 Å². The first-order valence-electron chi connectivity index (χ1n) is 11.8. The fourth-order valence-electron chi connectivity index (χ4n) is 4.25. The second-order valence-electron chi connectivity index (χ2n) is 8.38. The van der Waals surface area contributed by atoms with Gasteiger partial charge in [-0.1, -0.05) is 24.3 Å². The van der Waals surface area contributed by atoms with Crippen LogP contribution in [0.15, 0.2) is 52.4 Å². The van der Waals surface area contributed by atoms with Crippen molar-refractivity contribution in [1.29, 1.82) is 0 Å². The van der Waals surface area contributed by atoms with Gasteiger partial charge in [-0.15, -0.1) is 0 Å². The third-order valence-corrected chi connectivity index (χ3v) is 6.13. The van der Waals surface area contributed by atoms with Crippen LogP contribution < -0.4 is 21.5 Å². The number of nitrogens with zero attached hydrogens (tertiary/aromatic N) is 5. The number of allylic oxidation sites excluding steroid dienone is 4. The summed E-state index contributed by atoms with van der Waals surface area (Å²) in [6.45, 7) is 2.31. The van der Waals surface area contributed by atoms with Gasteiger partial charge in [-0.2, -0.15) is 0 Å². The van der Waals surface area contributed by atoms with Crippen molar-refractivity contribution in [2.75, 3.05) is 37.6 Å². The highest BCUT2D eigenvalue weighted by Gasteiger charge is 2.23. The highest BCUT2D eigenvalue weighted by atomic mass is 16.2. The molecular weight excluding hydrogens is 450 g/mol. The summed E-state index contributed by atoms with van der Waals surface area (Å²) in [5.41, 5.74) is 0.283. The van der Waals surface area contributed by atoms with E-state index in [-0.39, 0.29) is 36.9 Å². The normalized spacial score (nSPS) is 17.5. The minimum atomic E-state index is -0.523. The molecule has 2 aliphatic rings. The van der Waals surface area contributed by atoms with Crippen LogP contribution in [0, 0.1) is 0 Å². The number of rotatable bonds is 6. The number of piperazine rings is 1. The molecule has 1 aliphatic carbocycles. The SMILES string of the molecule is O=C(CCn1c2c(c(=O)[nH]c1=O)C/C=C\C=C/CC2)NCC(=O)N1CCN(c2ncccn2)CC1. The summed E-state index contributed by atoms with van der Waals surface area (Å²) >= 11 is 0. The zero-order valence-corrected chi connectivity index (χ0v) is 19.5. The molecule has 0 aromatic carbocycles. The molecule has 0 bridgehead atoms. The minimum Gasteiger partial charge on any atom is -0.347 e. The van der Waals surface area contributed by atoms with Crippen molar-refractivity contribution in [2.24, 2.45) is 0 Å². The van der Waals surface area contributed by atoms with E-state index < -0.39 is 5.69 Å². The van der Waals surface area contributed by atoms with E-state index in [1.165, 1.54) is 4.57 Å². The molecule has 0 atom stereocenters. The van der Waals surface area contributed by atoms with Crippen molar-refractivity contribution < 1.29 is 9.59 Å². The van der Waals surface area contributed by atoms with Crippen molar-refractivity contribution in [2.45, 2.75) is 32.2 Å². The van der Waals surface area contributed by atoms with Crippen molar-refractivity contribution >= 4 is 17.8 Å². The van der Waals surface area contributed by atoms with Crippen LogP contribution in [0.3, 0.4) is 0 Å². The summed E-state index contributed by atoms with van der Waals surface area (Å²) in [6, 6.07) is 1.76. The first-order valence-corrected chi connectivity index (χ1v) is 11.8. The van der Waals surface area contributed by atoms with E-state index >= 15 is 0 Å². The van der Waals surface area contributed by atoms with E-state index in [1.54, 1.807) is 23.4 Å². The molecule has 2 aromatic rings. The Morgan fingerprint density at radius 1 is 1.03 bits per heavy atom.